The number of nitro groups is 1. The van der Waals surface area contributed by atoms with Crippen LogP contribution in [0.2, 0.25) is 0 Å². The second-order valence-electron chi connectivity index (χ2n) is 6.36. The van der Waals surface area contributed by atoms with E-state index in [2.05, 4.69) is 10.2 Å². The fraction of sp³-hybridized carbons (Fsp3) is 0.0455. The van der Waals surface area contributed by atoms with Crippen LogP contribution in [0.5, 0.6) is 0 Å². The van der Waals surface area contributed by atoms with Crippen molar-refractivity contribution in [1.29, 1.82) is 0 Å². The zero-order valence-electron chi connectivity index (χ0n) is 15.6. The van der Waals surface area contributed by atoms with Gasteiger partial charge in [0.05, 0.1) is 10.5 Å². The van der Waals surface area contributed by atoms with Gasteiger partial charge in [0.2, 0.25) is 11.8 Å². The molecular weight excluding hydrogens is 386 g/mol. The zero-order chi connectivity index (χ0) is 20.9. The van der Waals surface area contributed by atoms with E-state index in [1.165, 1.54) is 12.1 Å². The third-order valence-corrected chi connectivity index (χ3v) is 4.28. The lowest BCUT2D eigenvalue weighted by Gasteiger charge is -2.06. The summed E-state index contributed by atoms with van der Waals surface area (Å²) in [5, 5.41) is 19.0. The largest absolute Gasteiger partial charge is 0.457 e. The molecule has 0 atom stereocenters. The Morgan fingerprint density at radius 2 is 1.60 bits per heavy atom. The number of nitro benzene ring substituents is 1. The summed E-state index contributed by atoms with van der Waals surface area (Å²) in [7, 11) is 0. The first kappa shape index (κ1) is 19.0. The van der Waals surface area contributed by atoms with Gasteiger partial charge in [-0.3, -0.25) is 10.1 Å². The molecule has 30 heavy (non-hydrogen) atoms. The normalized spacial score (nSPS) is 10.5. The van der Waals surface area contributed by atoms with Crippen LogP contribution >= 0.6 is 0 Å². The summed E-state index contributed by atoms with van der Waals surface area (Å²) >= 11 is 0. The number of nitrogens with zero attached hydrogens (tertiary/aromatic N) is 3. The smallest absolute Gasteiger partial charge is 0.338 e. The van der Waals surface area contributed by atoms with Gasteiger partial charge in [-0.05, 0) is 35.9 Å². The average Bonchev–Trinajstić information content (AvgIpc) is 3.29. The highest BCUT2D eigenvalue weighted by molar-refractivity contribution is 5.90. The highest BCUT2D eigenvalue weighted by Gasteiger charge is 2.14. The first-order valence-electron chi connectivity index (χ1n) is 9.00. The molecule has 4 aromatic rings. The van der Waals surface area contributed by atoms with Gasteiger partial charge in [0, 0.05) is 23.3 Å². The molecule has 0 amide bonds. The van der Waals surface area contributed by atoms with Crippen molar-refractivity contribution in [2.45, 2.75) is 6.61 Å². The molecule has 4 rings (SSSR count). The summed E-state index contributed by atoms with van der Waals surface area (Å²) in [5.74, 6) is 0.0950. The lowest BCUT2D eigenvalue weighted by molar-refractivity contribution is -0.384. The van der Waals surface area contributed by atoms with Crippen molar-refractivity contribution in [3.8, 4) is 22.9 Å². The molecule has 0 N–H and O–H groups in total. The Kier molecular flexibility index (Phi) is 5.29. The summed E-state index contributed by atoms with van der Waals surface area (Å²) in [6, 6.07) is 21.9. The minimum Gasteiger partial charge on any atom is -0.457 e. The third-order valence-electron chi connectivity index (χ3n) is 4.28. The Bertz CT molecular complexity index is 1200. The molecule has 0 saturated carbocycles. The van der Waals surface area contributed by atoms with Gasteiger partial charge in [-0.2, -0.15) is 0 Å². The molecular formula is C22H15N3O5. The van der Waals surface area contributed by atoms with Crippen LogP contribution in [0.1, 0.15) is 15.9 Å². The molecule has 0 spiro atoms. The molecule has 8 heteroatoms. The molecule has 0 bridgehead atoms. The number of hydrogen-bond donors (Lipinski definition) is 0. The number of esters is 1. The lowest BCUT2D eigenvalue weighted by atomic mass is 10.1. The fourth-order valence-corrected chi connectivity index (χ4v) is 2.81. The molecule has 8 nitrogen and oxygen atoms in total. The van der Waals surface area contributed by atoms with Crippen LogP contribution < -0.4 is 0 Å². The molecule has 0 aliphatic heterocycles. The van der Waals surface area contributed by atoms with Gasteiger partial charge in [0.1, 0.15) is 6.61 Å². The van der Waals surface area contributed by atoms with Crippen LogP contribution in [-0.4, -0.2) is 21.1 Å². The van der Waals surface area contributed by atoms with Crippen LogP contribution in [0, 0.1) is 10.1 Å². The van der Waals surface area contributed by atoms with E-state index < -0.39 is 10.9 Å². The van der Waals surface area contributed by atoms with E-state index in [-0.39, 0.29) is 18.2 Å². The summed E-state index contributed by atoms with van der Waals surface area (Å²) in [6.07, 6.45) is 0. The van der Waals surface area contributed by atoms with Gasteiger partial charge in [-0.15, -0.1) is 10.2 Å². The van der Waals surface area contributed by atoms with Crippen molar-refractivity contribution < 1.29 is 18.9 Å². The number of benzene rings is 3. The molecule has 0 saturated heterocycles. The van der Waals surface area contributed by atoms with Crippen molar-refractivity contribution in [2.24, 2.45) is 0 Å². The Morgan fingerprint density at radius 1 is 0.900 bits per heavy atom. The van der Waals surface area contributed by atoms with E-state index in [0.717, 1.165) is 5.56 Å². The maximum Gasteiger partial charge on any atom is 0.338 e. The van der Waals surface area contributed by atoms with Crippen molar-refractivity contribution in [3.63, 3.8) is 0 Å². The number of ether oxygens (including phenoxy) is 1. The molecule has 1 heterocycles. The third kappa shape index (κ3) is 4.22. The van der Waals surface area contributed by atoms with Crippen LogP contribution in [-0.2, 0) is 11.3 Å². The number of carbonyl (C=O) groups excluding carboxylic acids is 1. The van der Waals surface area contributed by atoms with Crippen molar-refractivity contribution >= 4 is 11.7 Å². The molecule has 0 unspecified atom stereocenters. The summed E-state index contributed by atoms with van der Waals surface area (Å²) < 4.78 is 11.0. The monoisotopic (exact) mass is 401 g/mol. The lowest BCUT2D eigenvalue weighted by Crippen LogP contribution is -2.05. The topological polar surface area (TPSA) is 108 Å². The van der Waals surface area contributed by atoms with Gasteiger partial charge in [-0.25, -0.2) is 4.79 Å². The average molecular weight is 401 g/mol. The van der Waals surface area contributed by atoms with Gasteiger partial charge in [0.15, 0.2) is 0 Å². The fourth-order valence-electron chi connectivity index (χ4n) is 2.81. The van der Waals surface area contributed by atoms with Crippen LogP contribution in [0.15, 0.2) is 83.3 Å². The van der Waals surface area contributed by atoms with E-state index in [9.17, 15) is 14.9 Å². The Hall–Kier alpha value is -4.33. The Labute approximate surface area is 170 Å². The Morgan fingerprint density at radius 3 is 2.37 bits per heavy atom. The second-order valence-corrected chi connectivity index (χ2v) is 6.36. The van der Waals surface area contributed by atoms with E-state index in [0.29, 0.717) is 22.6 Å². The predicted octanol–water partition coefficient (Wildman–Crippen LogP) is 4.67. The van der Waals surface area contributed by atoms with Crippen LogP contribution in [0.25, 0.3) is 22.9 Å². The van der Waals surface area contributed by atoms with Crippen molar-refractivity contribution in [2.75, 3.05) is 0 Å². The minimum absolute atomic E-state index is 0.0591. The molecule has 1 aromatic heterocycles. The summed E-state index contributed by atoms with van der Waals surface area (Å²) in [6.45, 7) is -0.0799. The summed E-state index contributed by atoms with van der Waals surface area (Å²) in [5.41, 5.74) is 2.14. The first-order valence-corrected chi connectivity index (χ1v) is 9.00. The Balaban J connectivity index is 1.48. The van der Waals surface area contributed by atoms with Gasteiger partial charge < -0.3 is 9.15 Å². The molecule has 0 radical (unpaired) electrons. The number of hydrogen-bond acceptors (Lipinski definition) is 7. The highest BCUT2D eigenvalue weighted by Crippen LogP contribution is 2.24. The zero-order valence-corrected chi connectivity index (χ0v) is 15.6. The molecule has 0 aliphatic carbocycles. The van der Waals surface area contributed by atoms with Crippen molar-refractivity contribution in [1.82, 2.24) is 10.2 Å². The van der Waals surface area contributed by atoms with E-state index in [1.807, 2.05) is 30.3 Å². The van der Waals surface area contributed by atoms with Gasteiger partial charge >= 0.3 is 5.97 Å². The molecule has 148 valence electrons. The number of non-ortho nitro benzene ring substituents is 1. The van der Waals surface area contributed by atoms with Gasteiger partial charge in [-0.1, -0.05) is 36.4 Å². The molecule has 0 fully saturated rings. The van der Waals surface area contributed by atoms with E-state index >= 15 is 0 Å². The maximum atomic E-state index is 12.4. The standard InChI is InChI=1S/C22H15N3O5/c26-22(29-14-15-6-4-11-19(12-15)25(27)28)18-10-5-9-17(13-18)21-24-23-20(30-21)16-7-2-1-3-8-16/h1-13H,14H2. The van der Waals surface area contributed by atoms with Gasteiger partial charge in [0.25, 0.3) is 5.69 Å². The predicted molar refractivity (Wildman–Crippen MR) is 107 cm³/mol. The number of aromatic nitrogens is 2. The van der Waals surface area contributed by atoms with E-state index in [4.69, 9.17) is 9.15 Å². The SMILES string of the molecule is O=C(OCc1cccc([N+](=O)[O-])c1)c1cccc(-c2nnc(-c3ccccc3)o2)c1. The minimum atomic E-state index is -0.564. The highest BCUT2D eigenvalue weighted by atomic mass is 16.6. The summed E-state index contributed by atoms with van der Waals surface area (Å²) in [4.78, 5) is 22.8. The first-order chi connectivity index (χ1) is 14.6. The number of carbonyl (C=O) groups is 1. The maximum absolute atomic E-state index is 12.4. The number of rotatable bonds is 6. The van der Waals surface area contributed by atoms with Crippen molar-refractivity contribution in [3.05, 3.63) is 100 Å². The molecule has 3 aromatic carbocycles. The second kappa shape index (κ2) is 8.36. The molecule has 0 aliphatic rings. The van der Waals surface area contributed by atoms with E-state index in [1.54, 1.807) is 36.4 Å². The van der Waals surface area contributed by atoms with Crippen LogP contribution in [0.3, 0.4) is 0 Å². The quantitative estimate of drug-likeness (QED) is 0.262. The van der Waals surface area contributed by atoms with Crippen LogP contribution in [0.4, 0.5) is 5.69 Å².